The summed E-state index contributed by atoms with van der Waals surface area (Å²) in [6, 6.07) is 0. The molecule has 0 unspecified atom stereocenters. The van der Waals surface area contributed by atoms with Gasteiger partial charge >= 0.3 is 0 Å². The monoisotopic (exact) mass is 438 g/mol. The number of unbranched alkanes of at least 4 members (excludes halogenated alkanes) is 2. The largest absolute Gasteiger partial charge is 0.299 e. The molecule has 7 atom stereocenters. The van der Waals surface area contributed by atoms with Crippen molar-refractivity contribution in [2.45, 2.75) is 77.3 Å². The Balaban J connectivity index is 1.65. The van der Waals surface area contributed by atoms with Crippen molar-refractivity contribution in [3.8, 4) is 0 Å². The van der Waals surface area contributed by atoms with Gasteiger partial charge in [0.25, 0.3) is 0 Å². The molecule has 3 fully saturated rings. The molecule has 3 saturated carbocycles. The molecule has 150 valence electrons. The molecule has 0 aromatic heterocycles. The van der Waals surface area contributed by atoms with E-state index in [-0.39, 0.29) is 17.6 Å². The van der Waals surface area contributed by atoms with Gasteiger partial charge in [-0.15, -0.1) is 0 Å². The van der Waals surface area contributed by atoms with Crippen LogP contribution in [0.25, 0.3) is 0 Å². The Labute approximate surface area is 170 Å². The number of hydrogen-bond donors (Lipinski definition) is 0. The Bertz CT molecular complexity index is 644. The van der Waals surface area contributed by atoms with Crippen LogP contribution in [0.5, 0.6) is 0 Å². The van der Waals surface area contributed by atoms with Crippen molar-refractivity contribution >= 4 is 27.5 Å². The van der Waals surface area contributed by atoms with Crippen molar-refractivity contribution in [3.63, 3.8) is 0 Å². The average molecular weight is 439 g/mol. The zero-order chi connectivity index (χ0) is 19.2. The summed E-state index contributed by atoms with van der Waals surface area (Å²) in [5.41, 5.74) is 0.786. The second-order valence-corrected chi connectivity index (χ2v) is 10.5. The number of hydrogen-bond acceptors (Lipinski definition) is 2. The van der Waals surface area contributed by atoms with E-state index < -0.39 is 11.6 Å². The van der Waals surface area contributed by atoms with Gasteiger partial charge in [-0.25, -0.2) is 4.39 Å². The van der Waals surface area contributed by atoms with Gasteiger partial charge in [0, 0.05) is 29.5 Å². The Morgan fingerprint density at radius 3 is 2.74 bits per heavy atom. The molecule has 0 aromatic carbocycles. The summed E-state index contributed by atoms with van der Waals surface area (Å²) in [6.45, 7) is 2.05. The van der Waals surface area contributed by atoms with Crippen molar-refractivity contribution in [2.24, 2.45) is 35.0 Å². The molecule has 0 amide bonds. The summed E-state index contributed by atoms with van der Waals surface area (Å²) in [4.78, 5) is 24.7. The highest BCUT2D eigenvalue weighted by Crippen LogP contribution is 2.63. The third kappa shape index (κ3) is 3.38. The Kier molecular flexibility index (Phi) is 5.66. The molecule has 0 bridgehead atoms. The van der Waals surface area contributed by atoms with Crippen LogP contribution in [0.4, 0.5) is 4.39 Å². The number of alkyl halides is 2. The maximum Gasteiger partial charge on any atom is 0.155 e. The molecule has 0 radical (unpaired) electrons. The fourth-order valence-electron chi connectivity index (χ4n) is 7.12. The number of ketones is 2. The quantitative estimate of drug-likeness (QED) is 0.399. The second kappa shape index (κ2) is 7.72. The van der Waals surface area contributed by atoms with Gasteiger partial charge < -0.3 is 0 Å². The first kappa shape index (κ1) is 19.8. The number of carbonyl (C=O) groups excluding carboxylic acids is 2. The highest BCUT2D eigenvalue weighted by molar-refractivity contribution is 9.09. The summed E-state index contributed by atoms with van der Waals surface area (Å²) in [5.74, 6) is 1.90. The van der Waals surface area contributed by atoms with Gasteiger partial charge in [-0.05, 0) is 68.3 Å². The van der Waals surface area contributed by atoms with Crippen LogP contribution in [0, 0.1) is 35.0 Å². The van der Waals surface area contributed by atoms with Crippen LogP contribution in [-0.2, 0) is 9.59 Å². The normalized spacial score (nSPS) is 43.7. The number of carbonyl (C=O) groups is 2. The Morgan fingerprint density at radius 2 is 1.96 bits per heavy atom. The zero-order valence-corrected chi connectivity index (χ0v) is 18.0. The Hall–Kier alpha value is -0.510. The van der Waals surface area contributed by atoms with E-state index >= 15 is 4.39 Å². The van der Waals surface area contributed by atoms with Crippen molar-refractivity contribution in [1.29, 1.82) is 0 Å². The molecule has 0 saturated heterocycles. The van der Waals surface area contributed by atoms with Crippen molar-refractivity contribution < 1.29 is 14.0 Å². The summed E-state index contributed by atoms with van der Waals surface area (Å²) in [5, 5.41) is 1.03. The molecule has 0 heterocycles. The molecule has 27 heavy (non-hydrogen) atoms. The molecule has 0 spiro atoms. The van der Waals surface area contributed by atoms with Gasteiger partial charge in [-0.2, -0.15) is 0 Å². The SMILES string of the molecule is C[C@]12C[C@H](F)[C@H]3[C@@H]([C@H](CCCCCBr)CC4=CC(=O)CC[C@@H]43)[C@@H]1CCC2=O. The van der Waals surface area contributed by atoms with Crippen LogP contribution in [0.15, 0.2) is 11.6 Å². The van der Waals surface area contributed by atoms with Crippen molar-refractivity contribution in [3.05, 3.63) is 11.6 Å². The molecule has 2 nitrogen and oxygen atoms in total. The average Bonchev–Trinajstić information content (AvgIpc) is 2.92. The second-order valence-electron chi connectivity index (χ2n) is 9.69. The summed E-state index contributed by atoms with van der Waals surface area (Å²) in [7, 11) is 0. The van der Waals surface area contributed by atoms with Crippen LogP contribution >= 0.6 is 15.9 Å². The minimum Gasteiger partial charge on any atom is -0.299 e. The molecular weight excluding hydrogens is 407 g/mol. The van der Waals surface area contributed by atoms with E-state index in [2.05, 4.69) is 15.9 Å². The molecular formula is C23H32BrFO2. The van der Waals surface area contributed by atoms with E-state index in [1.54, 1.807) is 0 Å². The van der Waals surface area contributed by atoms with E-state index in [1.807, 2.05) is 13.0 Å². The molecule has 0 aromatic rings. The molecule has 0 aliphatic heterocycles. The van der Waals surface area contributed by atoms with Crippen LogP contribution < -0.4 is 0 Å². The van der Waals surface area contributed by atoms with Gasteiger partial charge in [0.15, 0.2) is 5.78 Å². The lowest BCUT2D eigenvalue weighted by molar-refractivity contribution is -0.138. The summed E-state index contributed by atoms with van der Waals surface area (Å²) < 4.78 is 15.6. The van der Waals surface area contributed by atoms with E-state index in [4.69, 9.17) is 0 Å². The van der Waals surface area contributed by atoms with Gasteiger partial charge in [0.2, 0.25) is 0 Å². The fraction of sp³-hybridized carbons (Fsp3) is 0.826. The smallest absolute Gasteiger partial charge is 0.155 e. The van der Waals surface area contributed by atoms with Crippen LogP contribution in [0.2, 0.25) is 0 Å². The highest BCUT2D eigenvalue weighted by atomic mass is 79.9. The molecule has 0 N–H and O–H groups in total. The van der Waals surface area contributed by atoms with E-state index in [0.29, 0.717) is 42.8 Å². The first-order chi connectivity index (χ1) is 13.0. The summed E-state index contributed by atoms with van der Waals surface area (Å²) in [6.07, 6.45) is 9.95. The molecule has 4 aliphatic carbocycles. The number of halogens is 2. The van der Waals surface area contributed by atoms with Crippen LogP contribution in [0.3, 0.4) is 0 Å². The predicted octanol–water partition coefficient (Wildman–Crippen LogP) is 5.83. The van der Waals surface area contributed by atoms with Gasteiger partial charge in [-0.3, -0.25) is 9.59 Å². The lowest BCUT2D eigenvalue weighted by Crippen LogP contribution is -2.54. The van der Waals surface area contributed by atoms with Crippen molar-refractivity contribution in [1.82, 2.24) is 0 Å². The van der Waals surface area contributed by atoms with E-state index in [0.717, 1.165) is 31.0 Å². The Morgan fingerprint density at radius 1 is 1.15 bits per heavy atom. The summed E-state index contributed by atoms with van der Waals surface area (Å²) >= 11 is 3.51. The number of rotatable bonds is 5. The van der Waals surface area contributed by atoms with Crippen LogP contribution in [-0.4, -0.2) is 23.1 Å². The molecule has 4 heteroatoms. The third-order valence-corrected chi connectivity index (χ3v) is 8.88. The fourth-order valence-corrected chi connectivity index (χ4v) is 7.52. The predicted molar refractivity (Wildman–Crippen MR) is 109 cm³/mol. The first-order valence-electron chi connectivity index (χ1n) is 10.9. The maximum atomic E-state index is 15.6. The number of fused-ring (bicyclic) bond motifs is 5. The van der Waals surface area contributed by atoms with Gasteiger partial charge in [0.1, 0.15) is 12.0 Å². The lowest BCUT2D eigenvalue weighted by Gasteiger charge is -2.56. The molecule has 4 aliphatic rings. The van der Waals surface area contributed by atoms with E-state index in [1.165, 1.54) is 24.8 Å². The molecule has 4 rings (SSSR count). The standard InChI is InChI=1S/C23H32BrFO2/c1-23-13-19(25)22-17-7-6-16(26)12-15(17)11-14(5-3-2-4-10-24)21(22)18(23)8-9-20(23)27/h12,14,17-19,21-22H,2-11,13H2,1H3/t14-,17+,18+,19+,21+,22+,23+/m1/s1. The minimum absolute atomic E-state index is 0.0308. The lowest BCUT2D eigenvalue weighted by atomic mass is 9.48. The third-order valence-electron chi connectivity index (χ3n) is 8.32. The maximum absolute atomic E-state index is 15.6. The minimum atomic E-state index is -0.898. The topological polar surface area (TPSA) is 34.1 Å². The van der Waals surface area contributed by atoms with Crippen molar-refractivity contribution in [2.75, 3.05) is 5.33 Å². The first-order valence-corrected chi connectivity index (χ1v) is 12.0. The number of Topliss-reactive ketones (excluding diaryl/α,β-unsaturated/α-hetero) is 1. The number of allylic oxidation sites excluding steroid dienone is 1. The van der Waals surface area contributed by atoms with Crippen LogP contribution in [0.1, 0.15) is 71.1 Å². The van der Waals surface area contributed by atoms with E-state index in [9.17, 15) is 9.59 Å². The van der Waals surface area contributed by atoms with Gasteiger partial charge in [-0.1, -0.05) is 41.3 Å². The highest BCUT2D eigenvalue weighted by Gasteiger charge is 2.61. The van der Waals surface area contributed by atoms with Gasteiger partial charge in [0.05, 0.1) is 0 Å². The zero-order valence-electron chi connectivity index (χ0n) is 16.4.